The Morgan fingerprint density at radius 3 is 2.87 bits per heavy atom. The van der Waals surface area contributed by atoms with Gasteiger partial charge in [-0.15, -0.1) is 4.40 Å². The molecule has 7 N–H and O–H groups in total. The van der Waals surface area contributed by atoms with E-state index in [2.05, 4.69) is 9.12 Å². The maximum atomic E-state index is 12.8. The number of aromatic hydroxyl groups is 2. The van der Waals surface area contributed by atoms with Gasteiger partial charge in [0.15, 0.2) is 5.84 Å². The SMILES string of the molecule is NC1=NS(O)(O)Nc2cccc(OC[C@H]3CCCN(C(=O)c4ccc(O)cc4O)C3)c21. The lowest BCUT2D eigenvalue weighted by Gasteiger charge is -2.34. The fourth-order valence-electron chi connectivity index (χ4n) is 3.82. The Morgan fingerprint density at radius 1 is 1.29 bits per heavy atom. The van der Waals surface area contributed by atoms with Gasteiger partial charge in [-0.05, 0) is 48.1 Å². The van der Waals surface area contributed by atoms with Crippen molar-refractivity contribution in [3.63, 3.8) is 0 Å². The summed E-state index contributed by atoms with van der Waals surface area (Å²) in [5, 5.41) is 19.4. The molecule has 1 atom stereocenters. The van der Waals surface area contributed by atoms with E-state index in [1.54, 1.807) is 23.1 Å². The summed E-state index contributed by atoms with van der Waals surface area (Å²) in [7, 11) is -3.37. The summed E-state index contributed by atoms with van der Waals surface area (Å²) in [5.41, 5.74) is 6.95. The first-order valence-electron chi connectivity index (χ1n) is 9.72. The Bertz CT molecular complexity index is 1040. The van der Waals surface area contributed by atoms with Crippen LogP contribution >= 0.6 is 11.0 Å². The molecule has 31 heavy (non-hydrogen) atoms. The molecule has 0 radical (unpaired) electrons. The molecule has 2 aromatic carbocycles. The first-order chi connectivity index (χ1) is 14.7. The van der Waals surface area contributed by atoms with Gasteiger partial charge >= 0.3 is 0 Å². The van der Waals surface area contributed by atoms with E-state index in [0.717, 1.165) is 18.9 Å². The van der Waals surface area contributed by atoms with E-state index in [-0.39, 0.29) is 34.7 Å². The minimum absolute atomic E-state index is 0.0207. The maximum Gasteiger partial charge on any atom is 0.257 e. The Morgan fingerprint density at radius 2 is 2.10 bits per heavy atom. The van der Waals surface area contributed by atoms with Crippen molar-refractivity contribution in [1.82, 2.24) is 4.90 Å². The highest BCUT2D eigenvalue weighted by Crippen LogP contribution is 2.46. The Kier molecular flexibility index (Phi) is 5.56. The van der Waals surface area contributed by atoms with Crippen molar-refractivity contribution < 1.29 is 28.8 Å². The molecule has 166 valence electrons. The number of ether oxygens (including phenoxy) is 1. The minimum atomic E-state index is -3.37. The summed E-state index contributed by atoms with van der Waals surface area (Å²) in [6.07, 6.45) is 1.65. The highest BCUT2D eigenvalue weighted by atomic mass is 32.3. The number of likely N-dealkylation sites (tertiary alicyclic amines) is 1. The molecule has 1 saturated heterocycles. The van der Waals surface area contributed by atoms with E-state index < -0.39 is 11.0 Å². The number of amidine groups is 1. The van der Waals surface area contributed by atoms with Crippen LogP contribution in [0.3, 0.4) is 0 Å². The monoisotopic (exact) mass is 448 g/mol. The number of benzene rings is 2. The quantitative estimate of drug-likeness (QED) is 0.416. The van der Waals surface area contributed by atoms with Crippen LogP contribution in [-0.4, -0.2) is 55.7 Å². The van der Waals surface area contributed by atoms with E-state index >= 15 is 0 Å². The van der Waals surface area contributed by atoms with Crippen LogP contribution in [0.1, 0.15) is 28.8 Å². The van der Waals surface area contributed by atoms with Crippen molar-refractivity contribution in [3.05, 3.63) is 47.5 Å². The van der Waals surface area contributed by atoms with E-state index in [1.165, 1.54) is 12.1 Å². The lowest BCUT2D eigenvalue weighted by Crippen LogP contribution is -2.41. The Hall–Kier alpha value is -3.15. The van der Waals surface area contributed by atoms with Gasteiger partial charge in [0.25, 0.3) is 5.91 Å². The third-order valence-electron chi connectivity index (χ3n) is 5.25. The molecule has 2 aliphatic rings. The van der Waals surface area contributed by atoms with Crippen molar-refractivity contribution in [2.24, 2.45) is 16.0 Å². The summed E-state index contributed by atoms with van der Waals surface area (Å²) >= 11 is 0. The summed E-state index contributed by atoms with van der Waals surface area (Å²) in [6.45, 7) is 1.35. The third kappa shape index (κ3) is 4.48. The molecule has 0 spiro atoms. The van der Waals surface area contributed by atoms with Gasteiger partial charge in [0.2, 0.25) is 0 Å². The molecule has 2 heterocycles. The molecule has 0 saturated carbocycles. The van der Waals surface area contributed by atoms with Gasteiger partial charge in [-0.1, -0.05) is 6.07 Å². The third-order valence-corrected chi connectivity index (χ3v) is 6.19. The van der Waals surface area contributed by atoms with Crippen LogP contribution in [0.15, 0.2) is 40.8 Å². The smallest absolute Gasteiger partial charge is 0.257 e. The summed E-state index contributed by atoms with van der Waals surface area (Å²) in [5.74, 6) is -0.169. The lowest BCUT2D eigenvalue weighted by molar-refractivity contribution is 0.0630. The second-order valence-electron chi connectivity index (χ2n) is 7.55. The number of phenolic OH excluding ortho intramolecular Hbond substituents is 2. The number of amides is 1. The van der Waals surface area contributed by atoms with Crippen LogP contribution in [0, 0.1) is 5.92 Å². The molecule has 0 aromatic heterocycles. The fraction of sp³-hybridized carbons (Fsp3) is 0.300. The summed E-state index contributed by atoms with van der Waals surface area (Å²) in [6, 6.07) is 9.00. The number of hydrogen-bond acceptors (Lipinski definition) is 9. The molecule has 0 unspecified atom stereocenters. The zero-order valence-electron chi connectivity index (χ0n) is 16.6. The van der Waals surface area contributed by atoms with Crippen LogP contribution in [-0.2, 0) is 0 Å². The summed E-state index contributed by atoms with van der Waals surface area (Å²) < 4.78 is 31.8. The van der Waals surface area contributed by atoms with E-state index in [9.17, 15) is 24.1 Å². The maximum absolute atomic E-state index is 12.8. The first kappa shape index (κ1) is 21.1. The molecule has 10 nitrogen and oxygen atoms in total. The van der Waals surface area contributed by atoms with Crippen molar-refractivity contribution in [1.29, 1.82) is 0 Å². The molecular formula is C20H24N4O6S. The van der Waals surface area contributed by atoms with Crippen LogP contribution < -0.4 is 15.2 Å². The number of hydrogen-bond donors (Lipinski definition) is 6. The van der Waals surface area contributed by atoms with Crippen LogP contribution in [0.2, 0.25) is 0 Å². The second-order valence-corrected chi connectivity index (χ2v) is 8.97. The van der Waals surface area contributed by atoms with Gasteiger partial charge in [-0.3, -0.25) is 18.6 Å². The van der Waals surface area contributed by atoms with E-state index in [4.69, 9.17) is 10.5 Å². The number of anilines is 1. The van der Waals surface area contributed by atoms with Crippen molar-refractivity contribution in [2.75, 3.05) is 24.4 Å². The van der Waals surface area contributed by atoms with Gasteiger partial charge in [0.05, 0.1) is 23.4 Å². The molecule has 1 fully saturated rings. The number of nitrogens with two attached hydrogens (primary N) is 1. The number of rotatable bonds is 4. The average molecular weight is 449 g/mol. The summed E-state index contributed by atoms with van der Waals surface area (Å²) in [4.78, 5) is 14.5. The van der Waals surface area contributed by atoms with Gasteiger partial charge in [-0.2, -0.15) is 0 Å². The predicted octanol–water partition coefficient (Wildman–Crippen LogP) is 2.74. The fourth-order valence-corrected chi connectivity index (χ4v) is 4.69. The topological polar surface area (TPSA) is 161 Å². The van der Waals surface area contributed by atoms with Gasteiger partial charge in [-0.25, -0.2) is 0 Å². The average Bonchev–Trinajstić information content (AvgIpc) is 2.71. The van der Waals surface area contributed by atoms with Gasteiger partial charge < -0.3 is 25.6 Å². The van der Waals surface area contributed by atoms with Crippen molar-refractivity contribution in [2.45, 2.75) is 12.8 Å². The normalized spacial score (nSPS) is 20.8. The molecular weight excluding hydrogens is 424 g/mol. The minimum Gasteiger partial charge on any atom is -0.508 e. The predicted molar refractivity (Wildman–Crippen MR) is 118 cm³/mol. The number of carbonyl (C=O) groups excluding carboxylic acids is 1. The van der Waals surface area contributed by atoms with Crippen molar-refractivity contribution >= 4 is 28.4 Å². The molecule has 11 heteroatoms. The van der Waals surface area contributed by atoms with Crippen LogP contribution in [0.4, 0.5) is 5.69 Å². The highest BCUT2D eigenvalue weighted by molar-refractivity contribution is 8.24. The Labute approximate surface area is 180 Å². The largest absolute Gasteiger partial charge is 0.508 e. The number of carbonyl (C=O) groups is 1. The van der Waals surface area contributed by atoms with Gasteiger partial charge in [0, 0.05) is 25.1 Å². The van der Waals surface area contributed by atoms with E-state index in [1.807, 2.05) is 0 Å². The number of nitrogens with zero attached hydrogens (tertiary/aromatic N) is 2. The zero-order valence-corrected chi connectivity index (χ0v) is 17.4. The van der Waals surface area contributed by atoms with Gasteiger partial charge in [0.1, 0.15) is 17.2 Å². The molecule has 2 aliphatic heterocycles. The van der Waals surface area contributed by atoms with E-state index in [0.29, 0.717) is 36.7 Å². The molecule has 4 rings (SSSR count). The van der Waals surface area contributed by atoms with Crippen LogP contribution in [0.25, 0.3) is 0 Å². The molecule has 2 aromatic rings. The number of fused-ring (bicyclic) bond motifs is 1. The molecule has 0 bridgehead atoms. The number of piperidine rings is 1. The standard InChI is InChI=1S/C20H24N4O6S/c21-19-18-15(22-31(28,29)23-19)4-1-5-17(18)30-11-12-3-2-8-24(10-12)20(27)14-7-6-13(25)9-16(14)26/h1,4-7,9,12,22,25-26,28-29H,2-3,8,10-11H2,(H2,21,23)/t12-/m0/s1. The molecule has 1 amide bonds. The second kappa shape index (κ2) is 8.17. The molecule has 0 aliphatic carbocycles. The van der Waals surface area contributed by atoms with Crippen LogP contribution in [0.5, 0.6) is 17.2 Å². The highest BCUT2D eigenvalue weighted by Gasteiger charge is 2.28. The first-order valence-corrected chi connectivity index (χ1v) is 11.2. The number of phenols is 2. The van der Waals surface area contributed by atoms with Crippen molar-refractivity contribution in [3.8, 4) is 17.2 Å². The lowest BCUT2D eigenvalue weighted by atomic mass is 9.98. The Balaban J connectivity index is 1.44. The zero-order chi connectivity index (χ0) is 22.2. The number of nitrogens with one attached hydrogen (secondary N) is 1.